The molecule has 1 saturated heterocycles. The van der Waals surface area contributed by atoms with E-state index in [2.05, 4.69) is 71.8 Å². The fourth-order valence-electron chi connectivity index (χ4n) is 4.44. The van der Waals surface area contributed by atoms with Crippen LogP contribution in [0.3, 0.4) is 0 Å². The fourth-order valence-corrected chi connectivity index (χ4v) is 4.72. The first-order valence-corrected chi connectivity index (χ1v) is 12.4. The van der Waals surface area contributed by atoms with Gasteiger partial charge in [-0.05, 0) is 67.0 Å². The Morgan fingerprint density at radius 1 is 1.18 bits per heavy atom. The predicted octanol–water partition coefficient (Wildman–Crippen LogP) is 6.38. The first kappa shape index (κ1) is 25.5. The Morgan fingerprint density at radius 3 is 2.47 bits per heavy atom. The number of hydrogen-bond acceptors (Lipinski definition) is 4. The van der Waals surface area contributed by atoms with Crippen LogP contribution in [-0.2, 0) is 6.42 Å². The fraction of sp³-hybridized carbons (Fsp3) is 0.393. The number of unbranched alkanes of at least 4 members (excludes halogenated alkanes) is 1. The van der Waals surface area contributed by atoms with Crippen molar-refractivity contribution in [3.63, 3.8) is 0 Å². The predicted molar refractivity (Wildman–Crippen MR) is 144 cm³/mol. The smallest absolute Gasteiger partial charge is 0.150 e. The van der Waals surface area contributed by atoms with Crippen molar-refractivity contribution < 1.29 is 0 Å². The number of aryl methyl sites for hydroxylation is 1. The Hall–Kier alpha value is -3.10. The van der Waals surface area contributed by atoms with Gasteiger partial charge in [0.05, 0.1) is 16.7 Å². The van der Waals surface area contributed by atoms with E-state index in [0.29, 0.717) is 28.9 Å². The van der Waals surface area contributed by atoms with Crippen LogP contribution in [0.15, 0.2) is 53.1 Å². The van der Waals surface area contributed by atoms with E-state index in [4.69, 9.17) is 16.9 Å². The maximum atomic E-state index is 9.05. The number of nitriles is 1. The first-order valence-electron chi connectivity index (χ1n) is 12.1. The molecule has 0 saturated carbocycles. The van der Waals surface area contributed by atoms with E-state index in [1.807, 2.05) is 18.2 Å². The third kappa shape index (κ3) is 6.07. The van der Waals surface area contributed by atoms with E-state index >= 15 is 0 Å². The molecule has 1 aliphatic heterocycles. The van der Waals surface area contributed by atoms with Crippen LogP contribution in [0.2, 0.25) is 5.02 Å². The van der Waals surface area contributed by atoms with Gasteiger partial charge in [0.25, 0.3) is 0 Å². The summed E-state index contributed by atoms with van der Waals surface area (Å²) in [5.74, 6) is 1.15. The van der Waals surface area contributed by atoms with Gasteiger partial charge in [-0.25, -0.2) is 0 Å². The first-order chi connectivity index (χ1) is 16.5. The van der Waals surface area contributed by atoms with Crippen molar-refractivity contribution in [3.05, 3.63) is 75.8 Å². The van der Waals surface area contributed by atoms with Crippen molar-refractivity contribution in [1.82, 2.24) is 10.3 Å². The summed E-state index contributed by atoms with van der Waals surface area (Å²) in [5.41, 5.74) is 9.07. The van der Waals surface area contributed by atoms with Gasteiger partial charge in [0.2, 0.25) is 0 Å². The summed E-state index contributed by atoms with van der Waals surface area (Å²) >= 11 is 6.68. The van der Waals surface area contributed by atoms with Gasteiger partial charge in [0.1, 0.15) is 5.84 Å². The third-order valence-electron chi connectivity index (χ3n) is 6.49. The monoisotopic (exact) mass is 475 g/mol. The molecule has 0 bridgehead atoms. The number of amidine groups is 1. The number of nitrogens with one attached hydrogen (secondary N) is 1. The molecule has 1 N–H and O–H groups in total. The Morgan fingerprint density at radius 2 is 1.88 bits per heavy atom. The van der Waals surface area contributed by atoms with E-state index in [9.17, 15) is 0 Å². The molecule has 1 heterocycles. The Labute approximate surface area is 208 Å². The van der Waals surface area contributed by atoms with E-state index < -0.39 is 0 Å². The number of rotatable bonds is 9. The second-order valence-electron chi connectivity index (χ2n) is 8.64. The lowest BCUT2D eigenvalue weighted by molar-refractivity contribution is 0.299. The van der Waals surface area contributed by atoms with Crippen LogP contribution < -0.4 is 5.43 Å². The summed E-state index contributed by atoms with van der Waals surface area (Å²) < 4.78 is 0. The standard InChI is InChI=1S/C28H34ClN5/c1-5-7-14-32-28(33-31-4)26-18-25(22(6-2)17-27(26)29)20(3)34-15-12-24(13-16-34)23-10-8-21(19-30)9-11-23/h8-11,17-18,24H,3-7,12-16H2,1-2H3,(H,32,33). The van der Waals surface area contributed by atoms with Gasteiger partial charge >= 0.3 is 0 Å². The summed E-state index contributed by atoms with van der Waals surface area (Å²) in [6.07, 6.45) is 5.05. The largest absolute Gasteiger partial charge is 0.371 e. The van der Waals surface area contributed by atoms with Crippen molar-refractivity contribution in [1.29, 1.82) is 5.26 Å². The van der Waals surface area contributed by atoms with E-state index in [-0.39, 0.29) is 0 Å². The molecule has 5 nitrogen and oxygen atoms in total. The van der Waals surface area contributed by atoms with Crippen LogP contribution in [-0.4, -0.2) is 37.1 Å². The molecule has 178 valence electrons. The number of aliphatic imine (C=N–C) groups is 1. The quantitative estimate of drug-likeness (QED) is 0.198. The van der Waals surface area contributed by atoms with Crippen molar-refractivity contribution in [2.45, 2.75) is 51.9 Å². The molecule has 0 aromatic heterocycles. The summed E-state index contributed by atoms with van der Waals surface area (Å²) in [7, 11) is 0. The minimum Gasteiger partial charge on any atom is -0.371 e. The molecule has 2 aromatic rings. The molecule has 3 rings (SSSR count). The number of halogens is 1. The molecular formula is C28H34ClN5. The average Bonchev–Trinajstić information content (AvgIpc) is 2.88. The molecule has 0 amide bonds. The van der Waals surface area contributed by atoms with Crippen LogP contribution >= 0.6 is 11.6 Å². The maximum Gasteiger partial charge on any atom is 0.150 e. The number of likely N-dealkylation sites (tertiary alicyclic amines) is 1. The average molecular weight is 476 g/mol. The zero-order chi connectivity index (χ0) is 24.5. The topological polar surface area (TPSA) is 63.8 Å². The molecule has 0 atom stereocenters. The van der Waals surface area contributed by atoms with E-state index in [1.165, 1.54) is 11.1 Å². The van der Waals surface area contributed by atoms with Gasteiger partial charge in [-0.15, -0.1) is 0 Å². The lowest BCUT2D eigenvalue weighted by Crippen LogP contribution is -2.32. The molecule has 0 unspecified atom stereocenters. The van der Waals surface area contributed by atoms with Crippen molar-refractivity contribution in [2.24, 2.45) is 10.1 Å². The van der Waals surface area contributed by atoms with Crippen LogP contribution in [0.25, 0.3) is 5.70 Å². The normalized spacial score (nSPS) is 14.5. The minimum absolute atomic E-state index is 0.503. The van der Waals surface area contributed by atoms with Crippen molar-refractivity contribution in [3.8, 4) is 6.07 Å². The highest BCUT2D eigenvalue weighted by Crippen LogP contribution is 2.34. The van der Waals surface area contributed by atoms with Gasteiger partial charge in [0, 0.05) is 43.2 Å². The minimum atomic E-state index is 0.503. The third-order valence-corrected chi connectivity index (χ3v) is 6.81. The molecule has 1 fully saturated rings. The number of benzene rings is 2. The lowest BCUT2D eigenvalue weighted by atomic mass is 9.88. The van der Waals surface area contributed by atoms with Crippen molar-refractivity contribution >= 4 is 29.9 Å². The van der Waals surface area contributed by atoms with Gasteiger partial charge in [0.15, 0.2) is 0 Å². The van der Waals surface area contributed by atoms with E-state index in [0.717, 1.165) is 62.0 Å². The van der Waals surface area contributed by atoms with Crippen LogP contribution in [0.1, 0.15) is 73.3 Å². The molecule has 0 aliphatic carbocycles. The van der Waals surface area contributed by atoms with Crippen LogP contribution in [0.4, 0.5) is 0 Å². The number of piperidine rings is 1. The highest BCUT2D eigenvalue weighted by atomic mass is 35.5. The molecule has 0 radical (unpaired) electrons. The number of hydrogen-bond donors (Lipinski definition) is 1. The maximum absolute atomic E-state index is 9.05. The van der Waals surface area contributed by atoms with Gasteiger partial charge in [-0.2, -0.15) is 10.4 Å². The van der Waals surface area contributed by atoms with Gasteiger partial charge < -0.3 is 4.90 Å². The molecule has 6 heteroatoms. The van der Waals surface area contributed by atoms with Gasteiger partial charge in [-0.3, -0.25) is 10.4 Å². The zero-order valence-electron chi connectivity index (χ0n) is 20.3. The zero-order valence-corrected chi connectivity index (χ0v) is 21.0. The Balaban J connectivity index is 1.80. The summed E-state index contributed by atoms with van der Waals surface area (Å²) in [5, 5.41) is 13.5. The molecule has 34 heavy (non-hydrogen) atoms. The lowest BCUT2D eigenvalue weighted by Gasteiger charge is -2.36. The second-order valence-corrected chi connectivity index (χ2v) is 9.05. The number of hydrazone groups is 1. The van der Waals surface area contributed by atoms with Gasteiger partial charge in [-0.1, -0.05) is 50.6 Å². The molecule has 0 spiro atoms. The Kier molecular flexibility index (Phi) is 9.30. The van der Waals surface area contributed by atoms with E-state index in [1.54, 1.807) is 0 Å². The van der Waals surface area contributed by atoms with Crippen molar-refractivity contribution in [2.75, 3.05) is 19.6 Å². The van der Waals surface area contributed by atoms with Crippen LogP contribution in [0, 0.1) is 11.3 Å². The SMILES string of the molecule is C=NNC(=NCCCC)c1cc(C(=C)N2CCC(c3ccc(C#N)cc3)CC2)c(CC)cc1Cl. The molecule has 2 aromatic carbocycles. The highest BCUT2D eigenvalue weighted by Gasteiger charge is 2.24. The Bertz CT molecular complexity index is 1070. The molecule has 1 aliphatic rings. The second kappa shape index (κ2) is 12.4. The number of nitrogens with zero attached hydrogens (tertiary/aromatic N) is 4. The molecular weight excluding hydrogens is 442 g/mol. The summed E-state index contributed by atoms with van der Waals surface area (Å²) in [4.78, 5) is 7.06. The summed E-state index contributed by atoms with van der Waals surface area (Å²) in [6, 6.07) is 14.3. The highest BCUT2D eigenvalue weighted by molar-refractivity contribution is 6.34. The summed E-state index contributed by atoms with van der Waals surface area (Å²) in [6.45, 7) is 14.9. The van der Waals surface area contributed by atoms with Crippen LogP contribution in [0.5, 0.6) is 0 Å².